The zero-order valence-electron chi connectivity index (χ0n) is 14.2. The number of aryl methyl sites for hydroxylation is 1. The number of carbonyl (C=O) groups excluding carboxylic acids is 2. The van der Waals surface area contributed by atoms with Crippen LogP contribution in [-0.4, -0.2) is 24.0 Å². The molecule has 130 valence electrons. The predicted molar refractivity (Wildman–Crippen MR) is 102 cm³/mol. The molecule has 0 fully saturated rings. The van der Waals surface area contributed by atoms with E-state index in [-0.39, 0.29) is 16.9 Å². The molecule has 0 aliphatic heterocycles. The fraction of sp³-hybridized carbons (Fsp3) is 0.167. The third-order valence-corrected chi connectivity index (χ3v) is 3.55. The fourth-order valence-electron chi connectivity index (χ4n) is 2.28. The third kappa shape index (κ3) is 5.02. The van der Waals surface area contributed by atoms with Crippen molar-refractivity contribution in [3.8, 4) is 5.75 Å². The van der Waals surface area contributed by atoms with Crippen molar-refractivity contribution in [2.24, 2.45) is 0 Å². The lowest BCUT2D eigenvalue weighted by atomic mass is 10.1. The predicted octanol–water partition coefficient (Wildman–Crippen LogP) is 3.09. The Morgan fingerprint density at radius 2 is 1.60 bits per heavy atom. The first-order chi connectivity index (χ1) is 11.9. The number of nitrogens with one attached hydrogen (secondary N) is 3. The van der Waals surface area contributed by atoms with Crippen LogP contribution >= 0.6 is 12.2 Å². The summed E-state index contributed by atoms with van der Waals surface area (Å²) in [7, 11) is 1.52. The normalized spacial score (nSPS) is 9.88. The van der Waals surface area contributed by atoms with Gasteiger partial charge in [0.15, 0.2) is 5.11 Å². The van der Waals surface area contributed by atoms with Gasteiger partial charge in [-0.15, -0.1) is 0 Å². The minimum Gasteiger partial charge on any atom is -0.496 e. The van der Waals surface area contributed by atoms with Crippen LogP contribution < -0.4 is 20.7 Å². The molecule has 0 atom stereocenters. The van der Waals surface area contributed by atoms with Crippen molar-refractivity contribution in [2.45, 2.75) is 13.8 Å². The van der Waals surface area contributed by atoms with Gasteiger partial charge in [-0.1, -0.05) is 12.1 Å². The van der Waals surface area contributed by atoms with Crippen LogP contribution in [0.4, 0.5) is 11.4 Å². The van der Waals surface area contributed by atoms with E-state index in [1.807, 2.05) is 13.0 Å². The van der Waals surface area contributed by atoms with Crippen molar-refractivity contribution in [1.82, 2.24) is 5.32 Å². The Hall–Kier alpha value is -2.93. The van der Waals surface area contributed by atoms with Crippen molar-refractivity contribution < 1.29 is 14.3 Å². The number of hydrogen-bond acceptors (Lipinski definition) is 4. The highest BCUT2D eigenvalue weighted by Crippen LogP contribution is 2.22. The van der Waals surface area contributed by atoms with E-state index in [9.17, 15) is 9.59 Å². The van der Waals surface area contributed by atoms with E-state index in [0.29, 0.717) is 22.7 Å². The van der Waals surface area contributed by atoms with E-state index in [0.717, 1.165) is 5.56 Å². The molecule has 0 aliphatic rings. The van der Waals surface area contributed by atoms with E-state index < -0.39 is 0 Å². The summed E-state index contributed by atoms with van der Waals surface area (Å²) in [5.74, 6) is 0.0194. The van der Waals surface area contributed by atoms with Crippen molar-refractivity contribution in [1.29, 1.82) is 0 Å². The number of methoxy groups -OCH3 is 1. The second-order valence-corrected chi connectivity index (χ2v) is 5.73. The van der Waals surface area contributed by atoms with Gasteiger partial charge in [0.2, 0.25) is 5.91 Å². The van der Waals surface area contributed by atoms with E-state index >= 15 is 0 Å². The van der Waals surface area contributed by atoms with Crippen molar-refractivity contribution in [3.63, 3.8) is 0 Å². The average Bonchev–Trinajstić information content (AvgIpc) is 2.55. The van der Waals surface area contributed by atoms with Crippen LogP contribution in [-0.2, 0) is 4.79 Å². The van der Waals surface area contributed by atoms with Crippen LogP contribution in [0.15, 0.2) is 42.5 Å². The van der Waals surface area contributed by atoms with Crippen molar-refractivity contribution in [2.75, 3.05) is 17.7 Å². The second kappa shape index (κ2) is 8.25. The zero-order valence-corrected chi connectivity index (χ0v) is 15.0. The lowest BCUT2D eigenvalue weighted by molar-refractivity contribution is -0.114. The van der Waals surface area contributed by atoms with Crippen LogP contribution in [0, 0.1) is 6.92 Å². The minimum atomic E-state index is -0.354. The maximum absolute atomic E-state index is 12.4. The SMILES string of the molecule is COc1c(C)cccc1C(=O)NC(=S)Nc1ccc(NC(C)=O)cc1. The lowest BCUT2D eigenvalue weighted by Gasteiger charge is -2.13. The van der Waals surface area contributed by atoms with Crippen LogP contribution in [0.1, 0.15) is 22.8 Å². The quantitative estimate of drug-likeness (QED) is 0.733. The Morgan fingerprint density at radius 3 is 2.16 bits per heavy atom. The van der Waals surface area contributed by atoms with Gasteiger partial charge in [0, 0.05) is 18.3 Å². The molecule has 3 N–H and O–H groups in total. The van der Waals surface area contributed by atoms with Gasteiger partial charge in [-0.05, 0) is 55.0 Å². The molecule has 2 aromatic rings. The van der Waals surface area contributed by atoms with E-state index in [1.54, 1.807) is 36.4 Å². The maximum atomic E-state index is 12.4. The lowest BCUT2D eigenvalue weighted by Crippen LogP contribution is -2.34. The summed E-state index contributed by atoms with van der Waals surface area (Å²) >= 11 is 5.17. The zero-order chi connectivity index (χ0) is 18.4. The monoisotopic (exact) mass is 357 g/mol. The Morgan fingerprint density at radius 1 is 1.00 bits per heavy atom. The Kier molecular flexibility index (Phi) is 6.08. The smallest absolute Gasteiger partial charge is 0.261 e. The summed E-state index contributed by atoms with van der Waals surface area (Å²) in [5.41, 5.74) is 2.64. The molecule has 0 aliphatic carbocycles. The van der Waals surface area contributed by atoms with E-state index in [4.69, 9.17) is 17.0 Å². The highest BCUT2D eigenvalue weighted by Gasteiger charge is 2.15. The largest absolute Gasteiger partial charge is 0.496 e. The van der Waals surface area contributed by atoms with Crippen molar-refractivity contribution in [3.05, 3.63) is 53.6 Å². The van der Waals surface area contributed by atoms with Gasteiger partial charge in [0.25, 0.3) is 5.91 Å². The summed E-state index contributed by atoms with van der Waals surface area (Å²) in [6, 6.07) is 12.3. The molecular formula is C18H19N3O3S. The number of anilines is 2. The number of hydrogen-bond donors (Lipinski definition) is 3. The van der Waals surface area contributed by atoms with Gasteiger partial charge in [0.1, 0.15) is 5.75 Å². The summed E-state index contributed by atoms with van der Waals surface area (Å²) in [5, 5.41) is 8.39. The summed E-state index contributed by atoms with van der Waals surface area (Å²) in [6.45, 7) is 3.30. The molecule has 6 nitrogen and oxygen atoms in total. The number of ether oxygens (including phenoxy) is 1. The van der Waals surface area contributed by atoms with Gasteiger partial charge in [0.05, 0.1) is 12.7 Å². The molecule has 0 radical (unpaired) electrons. The van der Waals surface area contributed by atoms with Crippen LogP contribution in [0.25, 0.3) is 0 Å². The molecule has 0 bridgehead atoms. The standard InChI is InChI=1S/C18H19N3O3S/c1-11-5-4-6-15(16(11)24-3)17(23)21-18(25)20-14-9-7-13(8-10-14)19-12(2)22/h4-10H,1-3H3,(H,19,22)(H2,20,21,23,25). The number of benzene rings is 2. The number of thiocarbonyl (C=S) groups is 1. The second-order valence-electron chi connectivity index (χ2n) is 5.32. The van der Waals surface area contributed by atoms with Gasteiger partial charge in [-0.3, -0.25) is 14.9 Å². The van der Waals surface area contributed by atoms with Crippen LogP contribution in [0.2, 0.25) is 0 Å². The molecule has 0 saturated carbocycles. The molecule has 2 amide bonds. The highest BCUT2D eigenvalue weighted by molar-refractivity contribution is 7.80. The van der Waals surface area contributed by atoms with Gasteiger partial charge < -0.3 is 15.4 Å². The average molecular weight is 357 g/mol. The van der Waals surface area contributed by atoms with Crippen LogP contribution in [0.5, 0.6) is 5.75 Å². The first-order valence-electron chi connectivity index (χ1n) is 7.54. The third-order valence-electron chi connectivity index (χ3n) is 3.35. The molecule has 0 saturated heterocycles. The topological polar surface area (TPSA) is 79.5 Å². The molecule has 0 unspecified atom stereocenters. The van der Waals surface area contributed by atoms with Crippen molar-refractivity contribution >= 4 is 40.5 Å². The highest BCUT2D eigenvalue weighted by atomic mass is 32.1. The number of amides is 2. The Balaban J connectivity index is 2.01. The van der Waals surface area contributed by atoms with Crippen LogP contribution in [0.3, 0.4) is 0 Å². The van der Waals surface area contributed by atoms with E-state index in [2.05, 4.69) is 16.0 Å². The summed E-state index contributed by atoms with van der Waals surface area (Å²) < 4.78 is 5.28. The molecule has 0 heterocycles. The van der Waals surface area contributed by atoms with Gasteiger partial charge >= 0.3 is 0 Å². The number of para-hydroxylation sites is 1. The number of carbonyl (C=O) groups is 2. The first-order valence-corrected chi connectivity index (χ1v) is 7.95. The Labute approximate surface area is 151 Å². The summed E-state index contributed by atoms with van der Waals surface area (Å²) in [6.07, 6.45) is 0. The molecule has 0 aromatic heterocycles. The number of rotatable bonds is 4. The molecule has 2 aromatic carbocycles. The first kappa shape index (κ1) is 18.4. The minimum absolute atomic E-state index is 0.143. The molecule has 7 heteroatoms. The fourth-order valence-corrected chi connectivity index (χ4v) is 2.49. The van der Waals surface area contributed by atoms with Gasteiger partial charge in [-0.25, -0.2) is 0 Å². The van der Waals surface area contributed by atoms with Gasteiger partial charge in [-0.2, -0.15) is 0 Å². The van der Waals surface area contributed by atoms with E-state index in [1.165, 1.54) is 14.0 Å². The maximum Gasteiger partial charge on any atom is 0.261 e. The summed E-state index contributed by atoms with van der Waals surface area (Å²) in [4.78, 5) is 23.4. The molecule has 0 spiro atoms. The molecule has 25 heavy (non-hydrogen) atoms. The molecule has 2 rings (SSSR count). The Bertz CT molecular complexity index is 804. The molecular weight excluding hydrogens is 338 g/mol.